The van der Waals surface area contributed by atoms with E-state index in [1.807, 2.05) is 36.4 Å². The van der Waals surface area contributed by atoms with Crippen molar-refractivity contribution < 1.29 is 13.7 Å². The summed E-state index contributed by atoms with van der Waals surface area (Å²) in [5.41, 5.74) is 1.06. The molecule has 0 radical (unpaired) electrons. The minimum atomic E-state index is -1.70. The third kappa shape index (κ3) is 6.79. The van der Waals surface area contributed by atoms with Gasteiger partial charge in [0.15, 0.2) is 27.4 Å². The molecule has 0 bridgehead atoms. The third-order valence-corrected chi connectivity index (χ3v) is 7.63. The van der Waals surface area contributed by atoms with Crippen LogP contribution in [0.5, 0.6) is 11.5 Å². The standard InChI is InChI=1S/C27H36N2O3S/c1-5-28(6-2)17-9-10-18-29(21-22-13-16-26(31-3)27(19-22)32-4)33(30)25-15-14-23-11-7-8-12-24(23)20-25/h7-8,11-16,19-20H,5-6,9-10,17-18,21H2,1-4H3/p+1. The summed E-state index contributed by atoms with van der Waals surface area (Å²) < 4.78 is 26.7. The first-order valence-electron chi connectivity index (χ1n) is 11.7. The fourth-order valence-corrected chi connectivity index (χ4v) is 5.45. The van der Waals surface area contributed by atoms with Crippen LogP contribution in [0.1, 0.15) is 32.3 Å². The Labute approximate surface area is 200 Å². The van der Waals surface area contributed by atoms with Crippen molar-refractivity contribution in [3.8, 4) is 11.5 Å². The van der Waals surface area contributed by atoms with Gasteiger partial charge in [0.05, 0.1) is 20.8 Å². The first-order valence-corrected chi connectivity index (χ1v) is 12.9. The lowest BCUT2D eigenvalue weighted by atomic mass is 10.1. The van der Waals surface area contributed by atoms with E-state index in [0.29, 0.717) is 18.0 Å². The summed E-state index contributed by atoms with van der Waals surface area (Å²) in [5, 5.41) is 2.28. The summed E-state index contributed by atoms with van der Waals surface area (Å²) in [4.78, 5) is 3.30. The molecule has 0 aromatic heterocycles. The van der Waals surface area contributed by atoms with Gasteiger partial charge in [0.2, 0.25) is 0 Å². The first kappa shape index (κ1) is 25.2. The summed E-state index contributed by atoms with van der Waals surface area (Å²) >= 11 is 0. The Balaban J connectivity index is 1.79. The van der Waals surface area contributed by atoms with Crippen molar-refractivity contribution >= 4 is 21.8 Å². The molecule has 0 fully saturated rings. The molecular formula is C27H37N2O3S+. The van der Waals surface area contributed by atoms with Crippen LogP contribution in [-0.4, -0.2) is 49.6 Å². The van der Waals surface area contributed by atoms with Gasteiger partial charge >= 0.3 is 0 Å². The molecule has 0 aliphatic carbocycles. The zero-order valence-electron chi connectivity index (χ0n) is 20.3. The van der Waals surface area contributed by atoms with Crippen LogP contribution in [-0.2, 0) is 21.7 Å². The van der Waals surface area contributed by atoms with Crippen LogP contribution in [0.25, 0.3) is 10.8 Å². The average molecular weight is 470 g/mol. The van der Waals surface area contributed by atoms with Crippen LogP contribution < -0.4 is 9.47 Å². The van der Waals surface area contributed by atoms with Crippen LogP contribution >= 0.6 is 0 Å². The van der Waals surface area contributed by atoms with E-state index in [4.69, 9.17) is 9.47 Å². The van der Waals surface area contributed by atoms with E-state index in [0.717, 1.165) is 60.3 Å². The van der Waals surface area contributed by atoms with Crippen LogP contribution in [0.2, 0.25) is 0 Å². The summed E-state index contributed by atoms with van der Waals surface area (Å²) in [6.45, 7) is 8.97. The molecule has 0 amide bonds. The van der Waals surface area contributed by atoms with E-state index in [1.54, 1.807) is 14.2 Å². The monoisotopic (exact) mass is 469 g/mol. The van der Waals surface area contributed by atoms with Crippen molar-refractivity contribution in [3.63, 3.8) is 0 Å². The predicted molar refractivity (Wildman–Crippen MR) is 139 cm³/mol. The van der Waals surface area contributed by atoms with Crippen molar-refractivity contribution in [1.82, 2.24) is 9.21 Å². The highest BCUT2D eigenvalue weighted by Gasteiger charge is 2.23. The van der Waals surface area contributed by atoms with E-state index < -0.39 is 11.0 Å². The molecule has 0 N–H and O–H groups in total. The van der Waals surface area contributed by atoms with E-state index in [9.17, 15) is 4.21 Å². The van der Waals surface area contributed by atoms with Gasteiger partial charge in [-0.1, -0.05) is 48.4 Å². The van der Waals surface area contributed by atoms with Crippen LogP contribution in [0.15, 0.2) is 65.6 Å². The molecule has 0 heterocycles. The predicted octanol–water partition coefficient (Wildman–Crippen LogP) is 5.45. The number of thiol groups is 1. The van der Waals surface area contributed by atoms with Crippen molar-refractivity contribution in [2.45, 2.75) is 38.1 Å². The number of ether oxygens (including phenoxy) is 2. The van der Waals surface area contributed by atoms with Gasteiger partial charge in [0.25, 0.3) is 0 Å². The summed E-state index contributed by atoms with van der Waals surface area (Å²) in [7, 11) is 1.57. The second kappa shape index (κ2) is 12.7. The Morgan fingerprint density at radius 2 is 1.48 bits per heavy atom. The van der Waals surface area contributed by atoms with Crippen molar-refractivity contribution in [3.05, 3.63) is 66.2 Å². The minimum absolute atomic E-state index is 0.591. The maximum Gasteiger partial charge on any atom is 0.178 e. The normalized spacial score (nSPS) is 12.4. The lowest BCUT2D eigenvalue weighted by molar-refractivity contribution is 0.290. The number of unbranched alkanes of at least 4 members (excludes halogenated alkanes) is 1. The number of nitrogens with zero attached hydrogens (tertiary/aromatic N) is 2. The van der Waals surface area contributed by atoms with Crippen LogP contribution in [0, 0.1) is 0 Å². The molecule has 6 heteroatoms. The van der Waals surface area contributed by atoms with Crippen molar-refractivity contribution in [2.24, 2.45) is 0 Å². The Kier molecular flexibility index (Phi) is 9.73. The van der Waals surface area contributed by atoms with Gasteiger partial charge in [-0.2, -0.15) is 0 Å². The molecule has 3 aromatic rings. The Bertz CT molecular complexity index is 1050. The number of hydrogen-bond donors (Lipinski definition) is 0. The molecule has 3 rings (SSSR count). The molecule has 1 atom stereocenters. The van der Waals surface area contributed by atoms with Crippen molar-refractivity contribution in [1.29, 1.82) is 0 Å². The van der Waals surface area contributed by atoms with Gasteiger partial charge in [0, 0.05) is 12.6 Å². The van der Waals surface area contributed by atoms with Gasteiger partial charge in [0.1, 0.15) is 0 Å². The largest absolute Gasteiger partial charge is 0.493 e. The first-order chi connectivity index (χ1) is 16.1. The second-order valence-electron chi connectivity index (χ2n) is 8.12. The smallest absolute Gasteiger partial charge is 0.178 e. The molecule has 1 unspecified atom stereocenters. The molecular weight excluding hydrogens is 432 g/mol. The zero-order chi connectivity index (χ0) is 23.6. The maximum atomic E-state index is 13.7. The molecule has 33 heavy (non-hydrogen) atoms. The molecule has 178 valence electrons. The Hall–Kier alpha value is -2.41. The molecule has 0 saturated carbocycles. The van der Waals surface area contributed by atoms with Gasteiger partial charge in [-0.25, -0.2) is 0 Å². The third-order valence-electron chi connectivity index (χ3n) is 6.06. The number of rotatable bonds is 13. The molecule has 5 nitrogen and oxygen atoms in total. The Morgan fingerprint density at radius 3 is 2.18 bits per heavy atom. The maximum absolute atomic E-state index is 13.7. The summed E-state index contributed by atoms with van der Waals surface area (Å²) in [6.07, 6.45) is 2.09. The molecule has 0 aliphatic heterocycles. The highest BCUT2D eigenvalue weighted by molar-refractivity contribution is 7.82. The van der Waals surface area contributed by atoms with Crippen molar-refractivity contribution in [2.75, 3.05) is 40.4 Å². The summed E-state index contributed by atoms with van der Waals surface area (Å²) in [6, 6.07) is 20.2. The topological polar surface area (TPSA) is 42.0 Å². The van der Waals surface area contributed by atoms with E-state index in [-0.39, 0.29) is 0 Å². The number of methoxy groups -OCH3 is 2. The Morgan fingerprint density at radius 1 is 0.788 bits per heavy atom. The van der Waals surface area contributed by atoms with E-state index >= 15 is 0 Å². The highest BCUT2D eigenvalue weighted by atomic mass is 32.2. The SMILES string of the molecule is CCN(CC)CCCCN(Cc1ccc(OC)c(OC)c1)[SH+](=O)c1ccc2ccccc2c1. The lowest BCUT2D eigenvalue weighted by Gasteiger charge is -2.20. The lowest BCUT2D eigenvalue weighted by Crippen LogP contribution is -2.28. The molecule has 3 aromatic carbocycles. The molecule has 0 spiro atoms. The molecule has 0 saturated heterocycles. The molecule has 0 aliphatic rings. The van der Waals surface area contributed by atoms with E-state index in [2.05, 4.69) is 47.3 Å². The van der Waals surface area contributed by atoms with Gasteiger partial charge in [-0.05, 0) is 73.1 Å². The van der Waals surface area contributed by atoms with Gasteiger partial charge in [-0.3, -0.25) is 0 Å². The van der Waals surface area contributed by atoms with Gasteiger partial charge < -0.3 is 14.4 Å². The fraction of sp³-hybridized carbons (Fsp3) is 0.407. The van der Waals surface area contributed by atoms with Gasteiger partial charge in [-0.15, -0.1) is 4.31 Å². The number of fused-ring (bicyclic) bond motifs is 1. The highest BCUT2D eigenvalue weighted by Crippen LogP contribution is 2.29. The van der Waals surface area contributed by atoms with Crippen LogP contribution in [0.4, 0.5) is 0 Å². The summed E-state index contributed by atoms with van der Waals surface area (Å²) in [5.74, 6) is 1.39. The van der Waals surface area contributed by atoms with E-state index in [1.165, 1.54) is 0 Å². The minimum Gasteiger partial charge on any atom is -0.493 e. The fourth-order valence-electron chi connectivity index (χ4n) is 4.05. The van der Waals surface area contributed by atoms with Crippen LogP contribution in [0.3, 0.4) is 0 Å². The number of hydrogen-bond acceptors (Lipinski definition) is 4. The zero-order valence-corrected chi connectivity index (χ0v) is 21.2. The quantitative estimate of drug-likeness (QED) is 0.190. The number of benzene rings is 3. The second-order valence-corrected chi connectivity index (χ2v) is 9.74. The average Bonchev–Trinajstić information content (AvgIpc) is 2.87.